The fourth-order valence-electron chi connectivity index (χ4n) is 2.09. The van der Waals surface area contributed by atoms with E-state index in [9.17, 15) is 8.42 Å². The maximum Gasteiger partial charge on any atom is 0.154 e. The largest absolute Gasteiger partial charge is 0.378 e. The molecule has 0 amide bonds. The van der Waals surface area contributed by atoms with Gasteiger partial charge >= 0.3 is 0 Å². The predicted molar refractivity (Wildman–Crippen MR) is 69.7 cm³/mol. The maximum absolute atomic E-state index is 11.6. The van der Waals surface area contributed by atoms with Crippen molar-refractivity contribution in [3.63, 3.8) is 0 Å². The third-order valence-electron chi connectivity index (χ3n) is 3.47. The van der Waals surface area contributed by atoms with Crippen LogP contribution in [0.1, 0.15) is 46.0 Å². The van der Waals surface area contributed by atoms with E-state index in [-0.39, 0.29) is 23.1 Å². The normalized spacial score (nSPS) is 20.7. The summed E-state index contributed by atoms with van der Waals surface area (Å²) in [7, 11) is -2.99. The first-order valence-corrected chi connectivity index (χ1v) is 8.15. The summed E-state index contributed by atoms with van der Waals surface area (Å²) in [5.41, 5.74) is 5.97. The van der Waals surface area contributed by atoms with Gasteiger partial charge in [-0.1, -0.05) is 19.3 Å². The Morgan fingerprint density at radius 2 is 1.82 bits per heavy atom. The second-order valence-electron chi connectivity index (χ2n) is 5.39. The van der Waals surface area contributed by atoms with Gasteiger partial charge in [0.05, 0.1) is 24.2 Å². The average molecular weight is 263 g/mol. The molecule has 0 aromatic rings. The summed E-state index contributed by atoms with van der Waals surface area (Å²) in [4.78, 5) is 0. The standard InChI is InChI=1S/C12H25NO3S/c1-11(2)17(14,15)9-8-16-10-12(13)6-4-3-5-7-12/h11H,3-10,13H2,1-2H3. The van der Waals surface area contributed by atoms with Gasteiger partial charge in [0.15, 0.2) is 9.84 Å². The molecule has 2 N–H and O–H groups in total. The van der Waals surface area contributed by atoms with Crippen LogP contribution >= 0.6 is 0 Å². The summed E-state index contributed by atoms with van der Waals surface area (Å²) in [6.07, 6.45) is 5.54. The molecule has 0 heterocycles. The van der Waals surface area contributed by atoms with Gasteiger partial charge in [-0.3, -0.25) is 0 Å². The van der Waals surface area contributed by atoms with Crippen molar-refractivity contribution in [1.29, 1.82) is 0 Å². The van der Waals surface area contributed by atoms with Gasteiger partial charge in [0.25, 0.3) is 0 Å². The predicted octanol–water partition coefficient (Wildman–Crippen LogP) is 1.49. The van der Waals surface area contributed by atoms with Crippen molar-refractivity contribution in [1.82, 2.24) is 0 Å². The Labute approximate surface area is 105 Å². The van der Waals surface area contributed by atoms with Crippen LogP contribution < -0.4 is 5.73 Å². The third-order valence-corrected chi connectivity index (χ3v) is 5.64. The molecule has 1 saturated carbocycles. The zero-order valence-electron chi connectivity index (χ0n) is 10.9. The Kier molecular flexibility index (Phi) is 5.41. The van der Waals surface area contributed by atoms with Crippen LogP contribution in [0.4, 0.5) is 0 Å². The topological polar surface area (TPSA) is 69.4 Å². The summed E-state index contributed by atoms with van der Waals surface area (Å²) in [6, 6.07) is 0. The van der Waals surface area contributed by atoms with Crippen LogP contribution in [-0.2, 0) is 14.6 Å². The Balaban J connectivity index is 2.24. The minimum atomic E-state index is -2.99. The lowest BCUT2D eigenvalue weighted by atomic mass is 9.83. The highest BCUT2D eigenvalue weighted by Crippen LogP contribution is 2.25. The average Bonchev–Trinajstić information content (AvgIpc) is 2.25. The molecule has 1 aliphatic carbocycles. The first kappa shape index (κ1) is 14.9. The number of nitrogens with two attached hydrogens (primary N) is 1. The van der Waals surface area contributed by atoms with E-state index in [1.54, 1.807) is 13.8 Å². The van der Waals surface area contributed by atoms with Crippen LogP contribution in [0.3, 0.4) is 0 Å². The SMILES string of the molecule is CC(C)S(=O)(=O)CCOCC1(N)CCCCC1. The van der Waals surface area contributed by atoms with Crippen LogP contribution in [-0.4, -0.2) is 38.2 Å². The van der Waals surface area contributed by atoms with E-state index in [2.05, 4.69) is 0 Å². The van der Waals surface area contributed by atoms with Crippen molar-refractivity contribution in [3.8, 4) is 0 Å². The first-order chi connectivity index (χ1) is 7.86. The van der Waals surface area contributed by atoms with Crippen LogP contribution in [0.15, 0.2) is 0 Å². The molecule has 4 nitrogen and oxygen atoms in total. The molecular weight excluding hydrogens is 238 g/mol. The molecule has 102 valence electrons. The first-order valence-electron chi connectivity index (χ1n) is 6.44. The van der Waals surface area contributed by atoms with Gasteiger partial charge in [-0.15, -0.1) is 0 Å². The van der Waals surface area contributed by atoms with E-state index < -0.39 is 9.84 Å². The molecular formula is C12H25NO3S. The van der Waals surface area contributed by atoms with Gasteiger partial charge in [-0.25, -0.2) is 8.42 Å². The summed E-state index contributed by atoms with van der Waals surface area (Å²) >= 11 is 0. The quantitative estimate of drug-likeness (QED) is 0.737. The third kappa shape index (κ3) is 4.94. The lowest BCUT2D eigenvalue weighted by Crippen LogP contribution is -2.46. The summed E-state index contributed by atoms with van der Waals surface area (Å²) in [5, 5.41) is -0.326. The molecule has 0 unspecified atom stereocenters. The molecule has 1 fully saturated rings. The summed E-state index contributed by atoms with van der Waals surface area (Å²) < 4.78 is 28.6. The minimum Gasteiger partial charge on any atom is -0.378 e. The highest BCUT2D eigenvalue weighted by atomic mass is 32.2. The van der Waals surface area contributed by atoms with Crippen molar-refractivity contribution in [2.45, 2.75) is 56.7 Å². The van der Waals surface area contributed by atoms with Crippen molar-refractivity contribution >= 4 is 9.84 Å². The van der Waals surface area contributed by atoms with Crippen LogP contribution in [0, 0.1) is 0 Å². The van der Waals surface area contributed by atoms with E-state index in [0.29, 0.717) is 6.61 Å². The maximum atomic E-state index is 11.6. The number of ether oxygens (including phenoxy) is 1. The van der Waals surface area contributed by atoms with E-state index in [1.165, 1.54) is 6.42 Å². The fourth-order valence-corrected chi connectivity index (χ4v) is 2.91. The molecule has 0 aliphatic heterocycles. The van der Waals surface area contributed by atoms with Crippen molar-refractivity contribution in [2.75, 3.05) is 19.0 Å². The second-order valence-corrected chi connectivity index (χ2v) is 8.07. The van der Waals surface area contributed by atoms with E-state index >= 15 is 0 Å². The molecule has 0 atom stereocenters. The molecule has 0 bridgehead atoms. The van der Waals surface area contributed by atoms with Gasteiger partial charge in [0.1, 0.15) is 0 Å². The van der Waals surface area contributed by atoms with Gasteiger partial charge in [0.2, 0.25) is 0 Å². The van der Waals surface area contributed by atoms with Crippen LogP contribution in [0.5, 0.6) is 0 Å². The van der Waals surface area contributed by atoms with Gasteiger partial charge in [0, 0.05) is 5.54 Å². The second kappa shape index (κ2) is 6.16. The van der Waals surface area contributed by atoms with Crippen molar-refractivity contribution < 1.29 is 13.2 Å². The summed E-state index contributed by atoms with van der Waals surface area (Å²) in [6.45, 7) is 4.14. The smallest absolute Gasteiger partial charge is 0.154 e. The van der Waals surface area contributed by atoms with E-state index in [0.717, 1.165) is 25.7 Å². The molecule has 1 aliphatic rings. The number of rotatable bonds is 6. The van der Waals surface area contributed by atoms with Gasteiger partial charge < -0.3 is 10.5 Å². The number of hydrogen-bond acceptors (Lipinski definition) is 4. The van der Waals surface area contributed by atoms with E-state index in [1.807, 2.05) is 0 Å². The zero-order valence-corrected chi connectivity index (χ0v) is 11.8. The zero-order chi connectivity index (χ0) is 12.9. The fraction of sp³-hybridized carbons (Fsp3) is 1.00. The summed E-state index contributed by atoms with van der Waals surface area (Å²) in [5.74, 6) is 0.0980. The van der Waals surface area contributed by atoms with Crippen LogP contribution in [0.25, 0.3) is 0 Å². The van der Waals surface area contributed by atoms with Gasteiger partial charge in [-0.2, -0.15) is 0 Å². The van der Waals surface area contributed by atoms with E-state index in [4.69, 9.17) is 10.5 Å². The molecule has 1 rings (SSSR count). The molecule has 0 aromatic heterocycles. The lowest BCUT2D eigenvalue weighted by Gasteiger charge is -2.33. The van der Waals surface area contributed by atoms with Crippen molar-refractivity contribution in [3.05, 3.63) is 0 Å². The Morgan fingerprint density at radius 3 is 2.35 bits per heavy atom. The number of hydrogen-bond donors (Lipinski definition) is 1. The van der Waals surface area contributed by atoms with Gasteiger partial charge in [-0.05, 0) is 26.7 Å². The highest BCUT2D eigenvalue weighted by Gasteiger charge is 2.27. The lowest BCUT2D eigenvalue weighted by molar-refractivity contribution is 0.0772. The monoisotopic (exact) mass is 263 g/mol. The van der Waals surface area contributed by atoms with Crippen molar-refractivity contribution in [2.24, 2.45) is 5.73 Å². The molecule has 0 saturated heterocycles. The number of sulfone groups is 1. The Bertz CT molecular complexity index is 319. The molecule has 5 heteroatoms. The molecule has 17 heavy (non-hydrogen) atoms. The van der Waals surface area contributed by atoms with Crippen LogP contribution in [0.2, 0.25) is 0 Å². The molecule has 0 radical (unpaired) electrons. The Hall–Kier alpha value is -0.130. The molecule has 0 spiro atoms. The minimum absolute atomic E-state index is 0.0980. The highest BCUT2D eigenvalue weighted by molar-refractivity contribution is 7.91. The Morgan fingerprint density at radius 1 is 1.24 bits per heavy atom. The molecule has 0 aromatic carbocycles.